The van der Waals surface area contributed by atoms with Crippen molar-refractivity contribution in [2.24, 2.45) is 0 Å². The SMILES string of the molecule is CCCCOC(=O)Cn1c(C)nc2sc(CC)cc2c1=O. The summed E-state index contributed by atoms with van der Waals surface area (Å²) in [7, 11) is 0. The number of nitrogens with zero attached hydrogens (tertiary/aromatic N) is 2. The molecule has 2 aromatic rings. The Labute approximate surface area is 127 Å². The quantitative estimate of drug-likeness (QED) is 0.608. The van der Waals surface area contributed by atoms with Gasteiger partial charge >= 0.3 is 5.97 Å². The van der Waals surface area contributed by atoms with E-state index in [-0.39, 0.29) is 18.1 Å². The fourth-order valence-corrected chi connectivity index (χ4v) is 3.04. The molecule has 0 atom stereocenters. The minimum atomic E-state index is -0.388. The van der Waals surface area contributed by atoms with Crippen LogP contribution < -0.4 is 5.56 Å². The summed E-state index contributed by atoms with van der Waals surface area (Å²) < 4.78 is 6.50. The molecule has 0 aliphatic heterocycles. The second-order valence-electron chi connectivity index (χ2n) is 4.91. The maximum absolute atomic E-state index is 12.5. The summed E-state index contributed by atoms with van der Waals surface area (Å²) in [6, 6.07) is 1.87. The molecule has 2 aromatic heterocycles. The van der Waals surface area contributed by atoms with E-state index in [1.807, 2.05) is 19.9 Å². The lowest BCUT2D eigenvalue weighted by Crippen LogP contribution is -2.28. The number of rotatable bonds is 6. The van der Waals surface area contributed by atoms with Crippen LogP contribution in [0.5, 0.6) is 0 Å². The molecule has 5 nitrogen and oxygen atoms in total. The van der Waals surface area contributed by atoms with Crippen LogP contribution in [-0.2, 0) is 22.5 Å². The van der Waals surface area contributed by atoms with E-state index < -0.39 is 0 Å². The molecule has 0 spiro atoms. The van der Waals surface area contributed by atoms with E-state index >= 15 is 0 Å². The molecule has 0 aliphatic carbocycles. The fraction of sp³-hybridized carbons (Fsp3) is 0.533. The lowest BCUT2D eigenvalue weighted by molar-refractivity contribution is -0.144. The molecule has 0 aliphatic rings. The van der Waals surface area contributed by atoms with Crippen LogP contribution in [0.1, 0.15) is 37.4 Å². The fourth-order valence-electron chi connectivity index (χ4n) is 2.03. The molecule has 0 amide bonds. The molecular formula is C15H20N2O3S. The molecule has 114 valence electrons. The first kappa shape index (κ1) is 15.7. The highest BCUT2D eigenvalue weighted by Crippen LogP contribution is 2.21. The Balaban J connectivity index is 2.27. The molecule has 0 bridgehead atoms. The number of hydrogen-bond acceptors (Lipinski definition) is 5. The number of fused-ring (bicyclic) bond motifs is 1. The van der Waals surface area contributed by atoms with Crippen LogP contribution in [0.15, 0.2) is 10.9 Å². The van der Waals surface area contributed by atoms with Crippen molar-refractivity contribution < 1.29 is 9.53 Å². The number of thiophene rings is 1. The summed E-state index contributed by atoms with van der Waals surface area (Å²) in [5.74, 6) is 0.158. The Morgan fingerprint density at radius 3 is 2.86 bits per heavy atom. The highest BCUT2D eigenvalue weighted by molar-refractivity contribution is 7.18. The number of aromatic nitrogens is 2. The van der Waals surface area contributed by atoms with Gasteiger partial charge in [-0.2, -0.15) is 0 Å². The summed E-state index contributed by atoms with van der Waals surface area (Å²) >= 11 is 1.53. The topological polar surface area (TPSA) is 61.2 Å². The van der Waals surface area contributed by atoms with Crippen molar-refractivity contribution in [2.75, 3.05) is 6.61 Å². The van der Waals surface area contributed by atoms with Crippen LogP contribution in [-0.4, -0.2) is 22.1 Å². The zero-order valence-electron chi connectivity index (χ0n) is 12.6. The van der Waals surface area contributed by atoms with Gasteiger partial charge in [0, 0.05) is 4.88 Å². The van der Waals surface area contributed by atoms with E-state index in [0.717, 1.165) is 29.0 Å². The average molecular weight is 308 g/mol. The Morgan fingerprint density at radius 2 is 2.19 bits per heavy atom. The summed E-state index contributed by atoms with van der Waals surface area (Å²) in [6.07, 6.45) is 2.67. The van der Waals surface area contributed by atoms with Gasteiger partial charge in [-0.3, -0.25) is 14.2 Å². The van der Waals surface area contributed by atoms with Gasteiger partial charge in [0.05, 0.1) is 12.0 Å². The normalized spacial score (nSPS) is 11.0. The zero-order chi connectivity index (χ0) is 15.4. The molecule has 0 aromatic carbocycles. The molecular weight excluding hydrogens is 288 g/mol. The first-order valence-electron chi connectivity index (χ1n) is 7.22. The van der Waals surface area contributed by atoms with Crippen LogP contribution in [0.3, 0.4) is 0 Å². The van der Waals surface area contributed by atoms with Crippen molar-refractivity contribution in [3.8, 4) is 0 Å². The molecule has 0 saturated heterocycles. The van der Waals surface area contributed by atoms with E-state index in [1.165, 1.54) is 15.9 Å². The van der Waals surface area contributed by atoms with E-state index in [9.17, 15) is 9.59 Å². The number of unbranched alkanes of at least 4 members (excludes halogenated alkanes) is 1. The Hall–Kier alpha value is -1.69. The lowest BCUT2D eigenvalue weighted by atomic mass is 10.3. The van der Waals surface area contributed by atoms with Gasteiger partial charge in [0.15, 0.2) is 0 Å². The molecule has 2 heterocycles. The van der Waals surface area contributed by atoms with E-state index in [1.54, 1.807) is 6.92 Å². The van der Waals surface area contributed by atoms with Crippen LogP contribution in [0.2, 0.25) is 0 Å². The number of ether oxygens (including phenoxy) is 1. The molecule has 0 radical (unpaired) electrons. The first-order chi connectivity index (χ1) is 10.1. The third kappa shape index (κ3) is 3.50. The smallest absolute Gasteiger partial charge is 0.326 e. The first-order valence-corrected chi connectivity index (χ1v) is 8.04. The van der Waals surface area contributed by atoms with Gasteiger partial charge in [0.25, 0.3) is 5.56 Å². The molecule has 6 heteroatoms. The average Bonchev–Trinajstić information content (AvgIpc) is 2.87. The van der Waals surface area contributed by atoms with Crippen molar-refractivity contribution in [2.45, 2.75) is 46.6 Å². The summed E-state index contributed by atoms with van der Waals surface area (Å²) in [6.45, 7) is 6.14. The minimum Gasteiger partial charge on any atom is -0.464 e. The molecule has 2 rings (SSSR count). The maximum atomic E-state index is 12.5. The Morgan fingerprint density at radius 1 is 1.43 bits per heavy atom. The Kier molecular flexibility index (Phi) is 5.12. The van der Waals surface area contributed by atoms with Gasteiger partial charge in [0.2, 0.25) is 0 Å². The van der Waals surface area contributed by atoms with Gasteiger partial charge in [-0.15, -0.1) is 11.3 Å². The van der Waals surface area contributed by atoms with Gasteiger partial charge in [-0.05, 0) is 25.8 Å². The summed E-state index contributed by atoms with van der Waals surface area (Å²) in [4.78, 5) is 30.5. The number of aryl methyl sites for hydroxylation is 2. The van der Waals surface area contributed by atoms with Crippen molar-refractivity contribution in [1.29, 1.82) is 0 Å². The van der Waals surface area contributed by atoms with Crippen molar-refractivity contribution in [3.63, 3.8) is 0 Å². The summed E-state index contributed by atoms with van der Waals surface area (Å²) in [5, 5.41) is 0.587. The zero-order valence-corrected chi connectivity index (χ0v) is 13.5. The summed E-state index contributed by atoms with van der Waals surface area (Å²) in [5.41, 5.74) is -0.166. The van der Waals surface area contributed by atoms with Crippen LogP contribution >= 0.6 is 11.3 Å². The molecule has 0 N–H and O–H groups in total. The van der Waals surface area contributed by atoms with Gasteiger partial charge < -0.3 is 4.74 Å². The van der Waals surface area contributed by atoms with E-state index in [0.29, 0.717) is 17.8 Å². The highest BCUT2D eigenvalue weighted by Gasteiger charge is 2.14. The number of carbonyl (C=O) groups excluding carboxylic acids is 1. The number of esters is 1. The molecule has 0 fully saturated rings. The van der Waals surface area contributed by atoms with E-state index in [2.05, 4.69) is 4.98 Å². The van der Waals surface area contributed by atoms with Gasteiger partial charge in [0.1, 0.15) is 17.2 Å². The standard InChI is InChI=1S/C15H20N2O3S/c1-4-6-7-20-13(18)9-17-10(3)16-14-12(15(17)19)8-11(5-2)21-14/h8H,4-7,9H2,1-3H3. The third-order valence-electron chi connectivity index (χ3n) is 3.29. The molecule has 0 unspecified atom stereocenters. The minimum absolute atomic E-state index is 0.0748. The van der Waals surface area contributed by atoms with E-state index in [4.69, 9.17) is 4.74 Å². The monoisotopic (exact) mass is 308 g/mol. The number of carbonyl (C=O) groups is 1. The van der Waals surface area contributed by atoms with Crippen LogP contribution in [0.4, 0.5) is 0 Å². The predicted molar refractivity (Wildman–Crippen MR) is 83.9 cm³/mol. The molecule has 21 heavy (non-hydrogen) atoms. The maximum Gasteiger partial charge on any atom is 0.326 e. The van der Waals surface area contributed by atoms with Crippen LogP contribution in [0, 0.1) is 6.92 Å². The lowest BCUT2D eigenvalue weighted by Gasteiger charge is -2.09. The van der Waals surface area contributed by atoms with Crippen molar-refractivity contribution in [3.05, 3.63) is 27.1 Å². The third-order valence-corrected chi connectivity index (χ3v) is 4.46. The van der Waals surface area contributed by atoms with Crippen LogP contribution in [0.25, 0.3) is 10.2 Å². The van der Waals surface area contributed by atoms with Crippen molar-refractivity contribution >= 4 is 27.5 Å². The second kappa shape index (κ2) is 6.85. The Bertz CT molecular complexity index is 703. The molecule has 0 saturated carbocycles. The van der Waals surface area contributed by atoms with Crippen molar-refractivity contribution in [1.82, 2.24) is 9.55 Å². The second-order valence-corrected chi connectivity index (χ2v) is 6.02. The largest absolute Gasteiger partial charge is 0.464 e. The number of hydrogen-bond donors (Lipinski definition) is 0. The predicted octanol–water partition coefficient (Wildman–Crippen LogP) is 2.67. The highest BCUT2D eigenvalue weighted by atomic mass is 32.1. The van der Waals surface area contributed by atoms with Gasteiger partial charge in [-0.1, -0.05) is 20.3 Å². The van der Waals surface area contributed by atoms with Gasteiger partial charge in [-0.25, -0.2) is 4.98 Å².